The first kappa shape index (κ1) is 13.9. The Morgan fingerprint density at radius 3 is 2.88 bits per heavy atom. The van der Waals surface area contributed by atoms with Crippen molar-refractivity contribution < 1.29 is 5.11 Å². The SMILES string of the molecule is C=C(N=C(C)C(O)CCCC)C1C=CC=CC1. The summed E-state index contributed by atoms with van der Waals surface area (Å²) in [5, 5.41) is 9.89. The monoisotopic (exact) mass is 233 g/mol. The van der Waals surface area contributed by atoms with Crippen LogP contribution in [-0.2, 0) is 0 Å². The maximum absolute atomic E-state index is 9.89. The van der Waals surface area contributed by atoms with E-state index in [4.69, 9.17) is 0 Å². The molecule has 0 radical (unpaired) electrons. The molecular weight excluding hydrogens is 210 g/mol. The number of aliphatic imine (C=N–C) groups is 1. The largest absolute Gasteiger partial charge is 0.387 e. The molecule has 0 bridgehead atoms. The number of nitrogens with zero attached hydrogens (tertiary/aromatic N) is 1. The second-order valence-electron chi connectivity index (χ2n) is 4.56. The Morgan fingerprint density at radius 1 is 1.53 bits per heavy atom. The summed E-state index contributed by atoms with van der Waals surface area (Å²) >= 11 is 0. The Hall–Kier alpha value is -1.15. The Labute approximate surface area is 104 Å². The van der Waals surface area contributed by atoms with E-state index < -0.39 is 6.10 Å². The van der Waals surface area contributed by atoms with Crippen molar-refractivity contribution in [2.45, 2.75) is 45.6 Å². The van der Waals surface area contributed by atoms with E-state index in [2.05, 4.69) is 30.6 Å². The van der Waals surface area contributed by atoms with Crippen LogP contribution in [0.4, 0.5) is 0 Å². The number of rotatable bonds is 6. The fraction of sp³-hybridized carbons (Fsp3) is 0.533. The summed E-state index contributed by atoms with van der Waals surface area (Å²) in [7, 11) is 0. The van der Waals surface area contributed by atoms with Crippen molar-refractivity contribution in [1.29, 1.82) is 0 Å². The van der Waals surface area contributed by atoms with Crippen molar-refractivity contribution in [3.63, 3.8) is 0 Å². The van der Waals surface area contributed by atoms with Gasteiger partial charge in [-0.3, -0.25) is 4.99 Å². The maximum Gasteiger partial charge on any atom is 0.0918 e. The van der Waals surface area contributed by atoms with Crippen molar-refractivity contribution in [1.82, 2.24) is 0 Å². The molecule has 17 heavy (non-hydrogen) atoms. The third-order valence-electron chi connectivity index (χ3n) is 3.04. The topological polar surface area (TPSA) is 32.6 Å². The van der Waals surface area contributed by atoms with Crippen LogP contribution in [0.5, 0.6) is 0 Å². The minimum Gasteiger partial charge on any atom is -0.387 e. The van der Waals surface area contributed by atoms with Gasteiger partial charge < -0.3 is 5.11 Å². The molecule has 2 heteroatoms. The predicted molar refractivity (Wildman–Crippen MR) is 74.2 cm³/mol. The summed E-state index contributed by atoms with van der Waals surface area (Å²) in [6, 6.07) is 0. The number of unbranched alkanes of at least 4 members (excludes halogenated alkanes) is 1. The lowest BCUT2D eigenvalue weighted by molar-refractivity contribution is 0.226. The van der Waals surface area contributed by atoms with Crippen molar-refractivity contribution in [3.8, 4) is 0 Å². The van der Waals surface area contributed by atoms with Gasteiger partial charge in [0.2, 0.25) is 0 Å². The van der Waals surface area contributed by atoms with E-state index in [0.29, 0.717) is 0 Å². The molecule has 1 rings (SSSR count). The zero-order valence-corrected chi connectivity index (χ0v) is 10.9. The van der Waals surface area contributed by atoms with Gasteiger partial charge in [-0.2, -0.15) is 0 Å². The first-order chi connectivity index (χ1) is 8.15. The van der Waals surface area contributed by atoms with E-state index in [0.717, 1.165) is 37.1 Å². The van der Waals surface area contributed by atoms with Crippen molar-refractivity contribution in [3.05, 3.63) is 36.6 Å². The number of hydrogen-bond acceptors (Lipinski definition) is 2. The van der Waals surface area contributed by atoms with E-state index in [9.17, 15) is 5.11 Å². The minimum atomic E-state index is -0.421. The van der Waals surface area contributed by atoms with Crippen LogP contribution in [-0.4, -0.2) is 16.9 Å². The lowest BCUT2D eigenvalue weighted by Gasteiger charge is -2.15. The van der Waals surface area contributed by atoms with Crippen LogP contribution in [0.1, 0.15) is 39.5 Å². The molecule has 0 saturated heterocycles. The molecule has 1 N–H and O–H groups in total. The van der Waals surface area contributed by atoms with Gasteiger partial charge in [-0.1, -0.05) is 50.6 Å². The molecule has 0 aromatic heterocycles. The summed E-state index contributed by atoms with van der Waals surface area (Å²) in [5.41, 5.74) is 1.63. The Bertz CT molecular complexity index is 339. The minimum absolute atomic E-state index is 0.285. The van der Waals surface area contributed by atoms with E-state index in [1.54, 1.807) is 0 Å². The highest BCUT2D eigenvalue weighted by atomic mass is 16.3. The first-order valence-corrected chi connectivity index (χ1v) is 6.40. The summed E-state index contributed by atoms with van der Waals surface area (Å²) in [6.45, 7) is 8.00. The molecule has 0 heterocycles. The van der Waals surface area contributed by atoms with Gasteiger partial charge in [0.05, 0.1) is 6.10 Å². The molecule has 2 atom stereocenters. The first-order valence-electron chi connectivity index (χ1n) is 6.40. The normalized spacial score (nSPS) is 21.6. The van der Waals surface area contributed by atoms with Gasteiger partial charge in [-0.05, 0) is 19.8 Å². The lowest BCUT2D eigenvalue weighted by Crippen LogP contribution is -2.18. The number of hydrogen-bond donors (Lipinski definition) is 1. The third-order valence-corrected chi connectivity index (χ3v) is 3.04. The zero-order chi connectivity index (χ0) is 12.7. The molecule has 2 nitrogen and oxygen atoms in total. The van der Waals surface area contributed by atoms with Crippen LogP contribution in [0.2, 0.25) is 0 Å². The van der Waals surface area contributed by atoms with E-state index in [1.165, 1.54) is 0 Å². The fourth-order valence-corrected chi connectivity index (χ4v) is 1.82. The van der Waals surface area contributed by atoms with Gasteiger partial charge >= 0.3 is 0 Å². The Morgan fingerprint density at radius 2 is 2.29 bits per heavy atom. The van der Waals surface area contributed by atoms with E-state index in [1.807, 2.05) is 19.1 Å². The lowest BCUT2D eigenvalue weighted by atomic mass is 9.98. The second kappa shape index (κ2) is 7.23. The van der Waals surface area contributed by atoms with Crippen molar-refractivity contribution in [2.24, 2.45) is 10.9 Å². The molecule has 0 aliphatic heterocycles. The standard InChI is InChI=1S/C15H23NO/c1-4-5-11-15(17)13(3)16-12(2)14-9-7-6-8-10-14/h6-9,14-15,17H,2,4-5,10-11H2,1,3H3. The highest BCUT2D eigenvalue weighted by molar-refractivity contribution is 5.87. The molecular formula is C15H23NO. The quantitative estimate of drug-likeness (QED) is 0.698. The molecule has 0 aromatic carbocycles. The van der Waals surface area contributed by atoms with Crippen LogP contribution in [0.3, 0.4) is 0 Å². The van der Waals surface area contributed by atoms with Gasteiger partial charge in [-0.15, -0.1) is 0 Å². The highest BCUT2D eigenvalue weighted by Crippen LogP contribution is 2.21. The highest BCUT2D eigenvalue weighted by Gasteiger charge is 2.12. The smallest absolute Gasteiger partial charge is 0.0918 e. The number of aliphatic hydroxyl groups is 1. The zero-order valence-electron chi connectivity index (χ0n) is 10.9. The molecule has 1 aliphatic rings. The molecule has 94 valence electrons. The van der Waals surface area contributed by atoms with Crippen molar-refractivity contribution >= 4 is 5.71 Å². The Balaban J connectivity index is 2.52. The number of allylic oxidation sites excluding steroid dienone is 4. The van der Waals surface area contributed by atoms with E-state index >= 15 is 0 Å². The van der Waals surface area contributed by atoms with Gasteiger partial charge in [0.1, 0.15) is 0 Å². The average Bonchev–Trinajstić information content (AvgIpc) is 2.36. The van der Waals surface area contributed by atoms with Gasteiger partial charge in [0.15, 0.2) is 0 Å². The second-order valence-corrected chi connectivity index (χ2v) is 4.56. The predicted octanol–water partition coefficient (Wildman–Crippen LogP) is 3.64. The van der Waals surface area contributed by atoms with Crippen LogP contribution >= 0.6 is 0 Å². The average molecular weight is 233 g/mol. The van der Waals surface area contributed by atoms with Crippen LogP contribution < -0.4 is 0 Å². The summed E-state index contributed by atoms with van der Waals surface area (Å²) < 4.78 is 0. The third kappa shape index (κ3) is 4.70. The molecule has 0 saturated carbocycles. The molecule has 0 spiro atoms. The fourth-order valence-electron chi connectivity index (χ4n) is 1.82. The summed E-state index contributed by atoms with van der Waals surface area (Å²) in [5.74, 6) is 0.285. The molecule has 2 unspecified atom stereocenters. The molecule has 0 aromatic rings. The summed E-state index contributed by atoms with van der Waals surface area (Å²) in [6.07, 6.45) is 11.7. The van der Waals surface area contributed by atoms with Gasteiger partial charge in [-0.25, -0.2) is 0 Å². The van der Waals surface area contributed by atoms with Crippen LogP contribution in [0.25, 0.3) is 0 Å². The maximum atomic E-state index is 9.89. The van der Waals surface area contributed by atoms with E-state index in [-0.39, 0.29) is 5.92 Å². The molecule has 0 amide bonds. The Kier molecular flexibility index (Phi) is 5.92. The van der Waals surface area contributed by atoms with Crippen LogP contribution in [0.15, 0.2) is 41.6 Å². The summed E-state index contributed by atoms with van der Waals surface area (Å²) in [4.78, 5) is 4.44. The van der Waals surface area contributed by atoms with Crippen LogP contribution in [0, 0.1) is 5.92 Å². The molecule has 1 aliphatic carbocycles. The number of aliphatic hydroxyl groups excluding tert-OH is 1. The van der Waals surface area contributed by atoms with Crippen molar-refractivity contribution in [2.75, 3.05) is 0 Å². The molecule has 0 fully saturated rings. The van der Waals surface area contributed by atoms with Gasteiger partial charge in [0.25, 0.3) is 0 Å². The van der Waals surface area contributed by atoms with Gasteiger partial charge in [0, 0.05) is 17.3 Å².